The summed E-state index contributed by atoms with van der Waals surface area (Å²) in [6.07, 6.45) is 2.25. The minimum Gasteiger partial charge on any atom is -0.383 e. The van der Waals surface area contributed by atoms with Gasteiger partial charge in [0.15, 0.2) is 0 Å². The number of nitrogen functional groups attached to an aromatic ring is 1. The number of nitrogens with one attached hydrogen (secondary N) is 1. The molecular weight excluding hydrogens is 248 g/mol. The molecule has 3 N–H and O–H groups in total. The molecule has 0 atom stereocenters. The first-order valence-corrected chi connectivity index (χ1v) is 6.16. The average molecular weight is 263 g/mol. The largest absolute Gasteiger partial charge is 0.383 e. The van der Waals surface area contributed by atoms with Gasteiger partial charge in [-0.25, -0.2) is 9.97 Å². The molecule has 0 fully saturated rings. The first kappa shape index (κ1) is 12.6. The summed E-state index contributed by atoms with van der Waals surface area (Å²) >= 11 is 6.10. The third kappa shape index (κ3) is 2.71. The molecule has 5 heteroatoms. The summed E-state index contributed by atoms with van der Waals surface area (Å²) in [4.78, 5) is 8.19. The maximum absolute atomic E-state index is 6.10. The van der Waals surface area contributed by atoms with Gasteiger partial charge in [0.05, 0.1) is 0 Å². The van der Waals surface area contributed by atoms with Gasteiger partial charge in [0.25, 0.3) is 0 Å². The van der Waals surface area contributed by atoms with Crippen LogP contribution in [0.5, 0.6) is 0 Å². The molecule has 1 aromatic heterocycles. The topological polar surface area (TPSA) is 63.8 Å². The van der Waals surface area contributed by atoms with Crippen LogP contribution in [0.1, 0.15) is 18.1 Å². The molecule has 18 heavy (non-hydrogen) atoms. The van der Waals surface area contributed by atoms with Crippen LogP contribution < -0.4 is 11.1 Å². The van der Waals surface area contributed by atoms with Crippen molar-refractivity contribution in [1.29, 1.82) is 0 Å². The van der Waals surface area contributed by atoms with Crippen molar-refractivity contribution in [3.05, 3.63) is 46.7 Å². The summed E-state index contributed by atoms with van der Waals surface area (Å²) < 4.78 is 0. The molecule has 1 heterocycles. The van der Waals surface area contributed by atoms with E-state index < -0.39 is 0 Å². The molecule has 0 unspecified atom stereocenters. The number of nitrogens with zero attached hydrogens (tertiary/aromatic N) is 2. The monoisotopic (exact) mass is 262 g/mol. The van der Waals surface area contributed by atoms with Gasteiger partial charge < -0.3 is 11.1 Å². The van der Waals surface area contributed by atoms with E-state index in [4.69, 9.17) is 17.3 Å². The van der Waals surface area contributed by atoms with E-state index in [0.29, 0.717) is 12.4 Å². The molecule has 0 aliphatic heterocycles. The number of hydrogen-bond donors (Lipinski definition) is 2. The fourth-order valence-corrected chi connectivity index (χ4v) is 1.95. The van der Waals surface area contributed by atoms with Gasteiger partial charge in [0.2, 0.25) is 0 Å². The van der Waals surface area contributed by atoms with Gasteiger partial charge in [0.1, 0.15) is 18.0 Å². The van der Waals surface area contributed by atoms with E-state index in [1.54, 1.807) is 0 Å². The van der Waals surface area contributed by atoms with Crippen LogP contribution in [0, 0.1) is 0 Å². The molecule has 2 rings (SSSR count). The number of hydrogen-bond acceptors (Lipinski definition) is 4. The van der Waals surface area contributed by atoms with Crippen molar-refractivity contribution in [2.45, 2.75) is 19.9 Å². The summed E-state index contributed by atoms with van der Waals surface area (Å²) in [5.41, 5.74) is 7.77. The van der Waals surface area contributed by atoms with Gasteiger partial charge in [-0.2, -0.15) is 0 Å². The Morgan fingerprint density at radius 1 is 1.28 bits per heavy atom. The Morgan fingerprint density at radius 3 is 2.78 bits per heavy atom. The number of benzene rings is 1. The van der Waals surface area contributed by atoms with Crippen LogP contribution >= 0.6 is 11.6 Å². The van der Waals surface area contributed by atoms with Crippen LogP contribution in [0.25, 0.3) is 0 Å². The highest BCUT2D eigenvalue weighted by molar-refractivity contribution is 6.31. The second-order valence-corrected chi connectivity index (χ2v) is 4.29. The molecule has 0 saturated heterocycles. The highest BCUT2D eigenvalue weighted by Gasteiger charge is 2.07. The first-order chi connectivity index (χ1) is 8.72. The van der Waals surface area contributed by atoms with Crippen molar-refractivity contribution in [2.24, 2.45) is 0 Å². The molecule has 2 aromatic rings. The Bertz CT molecular complexity index is 542. The van der Waals surface area contributed by atoms with Gasteiger partial charge >= 0.3 is 0 Å². The van der Waals surface area contributed by atoms with E-state index in [2.05, 4.69) is 15.3 Å². The van der Waals surface area contributed by atoms with Crippen molar-refractivity contribution in [1.82, 2.24) is 9.97 Å². The molecule has 1 aromatic carbocycles. The zero-order chi connectivity index (χ0) is 13.0. The van der Waals surface area contributed by atoms with Gasteiger partial charge in [0, 0.05) is 17.1 Å². The minimum absolute atomic E-state index is 0.522. The Morgan fingerprint density at radius 2 is 2.06 bits per heavy atom. The SMILES string of the molecule is CCc1c(N)ncnc1NCc1ccccc1Cl. The quantitative estimate of drug-likeness (QED) is 0.889. The second-order valence-electron chi connectivity index (χ2n) is 3.88. The highest BCUT2D eigenvalue weighted by atomic mass is 35.5. The molecule has 0 aliphatic carbocycles. The molecule has 94 valence electrons. The molecule has 4 nitrogen and oxygen atoms in total. The molecule has 0 saturated carbocycles. The predicted molar refractivity (Wildman–Crippen MR) is 74.6 cm³/mol. The summed E-state index contributed by atoms with van der Waals surface area (Å²) in [6.45, 7) is 2.64. The highest BCUT2D eigenvalue weighted by Crippen LogP contribution is 2.20. The second kappa shape index (κ2) is 5.69. The van der Waals surface area contributed by atoms with Crippen molar-refractivity contribution in [3.63, 3.8) is 0 Å². The van der Waals surface area contributed by atoms with E-state index in [9.17, 15) is 0 Å². The fourth-order valence-electron chi connectivity index (χ4n) is 1.75. The molecular formula is C13H15ClN4. The van der Waals surface area contributed by atoms with Gasteiger partial charge in [-0.05, 0) is 18.1 Å². The Balaban J connectivity index is 2.16. The number of aromatic nitrogens is 2. The summed E-state index contributed by atoms with van der Waals surface area (Å²) in [5, 5.41) is 3.99. The van der Waals surface area contributed by atoms with Crippen LogP contribution in [0.3, 0.4) is 0 Å². The number of anilines is 2. The van der Waals surface area contributed by atoms with Gasteiger partial charge in [-0.3, -0.25) is 0 Å². The van der Waals surface area contributed by atoms with Gasteiger partial charge in [-0.15, -0.1) is 0 Å². The Labute approximate surface area is 111 Å². The van der Waals surface area contributed by atoms with Crippen molar-refractivity contribution >= 4 is 23.2 Å². The molecule has 0 aliphatic rings. The predicted octanol–water partition coefficient (Wildman–Crippen LogP) is 2.89. The lowest BCUT2D eigenvalue weighted by atomic mass is 10.2. The zero-order valence-corrected chi connectivity index (χ0v) is 10.9. The number of nitrogens with two attached hydrogens (primary N) is 1. The van der Waals surface area contributed by atoms with Crippen LogP contribution in [0.2, 0.25) is 5.02 Å². The van der Waals surface area contributed by atoms with Crippen molar-refractivity contribution in [3.8, 4) is 0 Å². The summed E-state index contributed by atoms with van der Waals surface area (Å²) in [7, 11) is 0. The van der Waals surface area contributed by atoms with Crippen molar-refractivity contribution < 1.29 is 0 Å². The van der Waals surface area contributed by atoms with Crippen LogP contribution in [-0.4, -0.2) is 9.97 Å². The van der Waals surface area contributed by atoms with E-state index in [1.165, 1.54) is 6.33 Å². The summed E-state index contributed by atoms with van der Waals surface area (Å²) in [5.74, 6) is 1.29. The Kier molecular flexibility index (Phi) is 3.99. The van der Waals surface area contributed by atoms with E-state index in [0.717, 1.165) is 28.4 Å². The molecule has 0 radical (unpaired) electrons. The smallest absolute Gasteiger partial charge is 0.134 e. The lowest BCUT2D eigenvalue weighted by molar-refractivity contribution is 1.02. The van der Waals surface area contributed by atoms with Crippen LogP contribution in [0.4, 0.5) is 11.6 Å². The van der Waals surface area contributed by atoms with Crippen LogP contribution in [0.15, 0.2) is 30.6 Å². The normalized spacial score (nSPS) is 10.3. The minimum atomic E-state index is 0.522. The number of halogens is 1. The number of rotatable bonds is 4. The van der Waals surface area contributed by atoms with E-state index in [1.807, 2.05) is 31.2 Å². The maximum Gasteiger partial charge on any atom is 0.134 e. The van der Waals surface area contributed by atoms with Crippen molar-refractivity contribution in [2.75, 3.05) is 11.1 Å². The molecule has 0 bridgehead atoms. The van der Waals surface area contributed by atoms with Gasteiger partial charge in [-0.1, -0.05) is 36.7 Å². The Hall–Kier alpha value is -1.81. The first-order valence-electron chi connectivity index (χ1n) is 5.79. The maximum atomic E-state index is 6.10. The fraction of sp³-hybridized carbons (Fsp3) is 0.231. The third-order valence-electron chi connectivity index (χ3n) is 2.74. The van der Waals surface area contributed by atoms with E-state index >= 15 is 0 Å². The van der Waals surface area contributed by atoms with E-state index in [-0.39, 0.29) is 0 Å². The summed E-state index contributed by atoms with van der Waals surface area (Å²) in [6, 6.07) is 7.71. The lowest BCUT2D eigenvalue weighted by Crippen LogP contribution is -2.08. The molecule has 0 amide bonds. The van der Waals surface area contributed by atoms with Crippen LogP contribution in [-0.2, 0) is 13.0 Å². The zero-order valence-electron chi connectivity index (χ0n) is 10.2. The lowest BCUT2D eigenvalue weighted by Gasteiger charge is -2.11. The average Bonchev–Trinajstić information content (AvgIpc) is 2.38. The third-order valence-corrected chi connectivity index (χ3v) is 3.11. The standard InChI is InChI=1S/C13H15ClN4/c1-2-10-12(15)17-8-18-13(10)16-7-9-5-3-4-6-11(9)14/h3-6,8H,2,7H2,1H3,(H3,15,16,17,18). The molecule has 0 spiro atoms.